The van der Waals surface area contributed by atoms with Crippen LogP contribution in [0.25, 0.3) is 0 Å². The first-order chi connectivity index (χ1) is 7.66. The average Bonchev–Trinajstić information content (AvgIpc) is 2.28. The summed E-state index contributed by atoms with van der Waals surface area (Å²) in [5.74, 6) is 1.27. The van der Waals surface area contributed by atoms with E-state index >= 15 is 0 Å². The van der Waals surface area contributed by atoms with E-state index in [-0.39, 0.29) is 0 Å². The van der Waals surface area contributed by atoms with Gasteiger partial charge in [0.15, 0.2) is 0 Å². The highest BCUT2D eigenvalue weighted by Crippen LogP contribution is 2.25. The summed E-state index contributed by atoms with van der Waals surface area (Å²) >= 11 is 5.57. The fourth-order valence-electron chi connectivity index (χ4n) is 2.04. The standard InChI is InChI=1S/C13H18BrNS/c1-10-11(2)16-8-7-15(10)9-12-3-5-13(14)6-4-12/h3-6,10-11H,7-9H2,1-2H3. The first-order valence-electron chi connectivity index (χ1n) is 5.77. The summed E-state index contributed by atoms with van der Waals surface area (Å²) in [7, 11) is 0. The van der Waals surface area contributed by atoms with Gasteiger partial charge < -0.3 is 0 Å². The van der Waals surface area contributed by atoms with Crippen molar-refractivity contribution >= 4 is 27.7 Å². The molecule has 1 aliphatic heterocycles. The highest BCUT2D eigenvalue weighted by molar-refractivity contribution is 9.10. The van der Waals surface area contributed by atoms with Gasteiger partial charge in [-0.15, -0.1) is 0 Å². The first-order valence-corrected chi connectivity index (χ1v) is 7.61. The Hall–Kier alpha value is 0.01000. The molecule has 1 aromatic carbocycles. The van der Waals surface area contributed by atoms with E-state index in [0.717, 1.165) is 16.3 Å². The topological polar surface area (TPSA) is 3.24 Å². The molecule has 0 aliphatic carbocycles. The normalized spacial score (nSPS) is 26.9. The van der Waals surface area contributed by atoms with E-state index in [2.05, 4.69) is 70.7 Å². The zero-order valence-electron chi connectivity index (χ0n) is 9.82. The van der Waals surface area contributed by atoms with Crippen molar-refractivity contribution in [3.05, 3.63) is 34.3 Å². The molecule has 1 fully saturated rings. The van der Waals surface area contributed by atoms with Crippen molar-refractivity contribution in [3.63, 3.8) is 0 Å². The summed E-state index contributed by atoms with van der Waals surface area (Å²) in [5.41, 5.74) is 1.41. The van der Waals surface area contributed by atoms with Crippen molar-refractivity contribution in [3.8, 4) is 0 Å². The smallest absolute Gasteiger partial charge is 0.0237 e. The van der Waals surface area contributed by atoms with Gasteiger partial charge in [0.25, 0.3) is 0 Å². The zero-order valence-corrected chi connectivity index (χ0v) is 12.2. The maximum absolute atomic E-state index is 3.48. The molecule has 1 heterocycles. The molecule has 1 nitrogen and oxygen atoms in total. The minimum atomic E-state index is 0.683. The molecule has 0 aromatic heterocycles. The van der Waals surface area contributed by atoms with E-state index in [1.165, 1.54) is 17.9 Å². The molecular weight excluding hydrogens is 282 g/mol. The number of hydrogen-bond donors (Lipinski definition) is 0. The predicted octanol–water partition coefficient (Wildman–Crippen LogP) is 3.77. The van der Waals surface area contributed by atoms with Gasteiger partial charge in [-0.25, -0.2) is 0 Å². The molecule has 0 N–H and O–H groups in total. The van der Waals surface area contributed by atoms with Crippen molar-refractivity contribution in [1.29, 1.82) is 0 Å². The quantitative estimate of drug-likeness (QED) is 0.818. The van der Waals surface area contributed by atoms with E-state index in [1.807, 2.05) is 0 Å². The highest BCUT2D eigenvalue weighted by atomic mass is 79.9. The SMILES string of the molecule is CC1SCCN(Cc2ccc(Br)cc2)C1C. The lowest BCUT2D eigenvalue weighted by atomic mass is 10.1. The Morgan fingerprint density at radius 1 is 1.31 bits per heavy atom. The molecule has 2 rings (SSSR count). The molecule has 0 spiro atoms. The van der Waals surface area contributed by atoms with Crippen LogP contribution in [0.1, 0.15) is 19.4 Å². The Morgan fingerprint density at radius 2 is 2.00 bits per heavy atom. The predicted molar refractivity (Wildman–Crippen MR) is 75.9 cm³/mol. The van der Waals surface area contributed by atoms with Crippen molar-refractivity contribution < 1.29 is 0 Å². The summed E-state index contributed by atoms with van der Waals surface area (Å²) in [5, 5.41) is 0.754. The lowest BCUT2D eigenvalue weighted by Gasteiger charge is -2.37. The fraction of sp³-hybridized carbons (Fsp3) is 0.538. The van der Waals surface area contributed by atoms with Gasteiger partial charge in [0.2, 0.25) is 0 Å². The van der Waals surface area contributed by atoms with Crippen LogP contribution in [0.3, 0.4) is 0 Å². The number of thioether (sulfide) groups is 1. The van der Waals surface area contributed by atoms with Crippen molar-refractivity contribution in [2.75, 3.05) is 12.3 Å². The van der Waals surface area contributed by atoms with Crippen LogP contribution >= 0.6 is 27.7 Å². The Bertz CT molecular complexity index is 338. The molecule has 88 valence electrons. The zero-order chi connectivity index (χ0) is 11.5. The highest BCUT2D eigenvalue weighted by Gasteiger charge is 2.24. The minimum Gasteiger partial charge on any atom is -0.295 e. The van der Waals surface area contributed by atoms with Crippen molar-refractivity contribution in [2.45, 2.75) is 31.7 Å². The van der Waals surface area contributed by atoms with E-state index in [0.29, 0.717) is 6.04 Å². The molecule has 3 heteroatoms. The third-order valence-electron chi connectivity index (χ3n) is 3.31. The molecule has 16 heavy (non-hydrogen) atoms. The monoisotopic (exact) mass is 299 g/mol. The second-order valence-corrected chi connectivity index (χ2v) is 6.81. The van der Waals surface area contributed by atoms with Gasteiger partial charge in [-0.1, -0.05) is 35.0 Å². The van der Waals surface area contributed by atoms with E-state index in [9.17, 15) is 0 Å². The van der Waals surface area contributed by atoms with Crippen LogP contribution in [0, 0.1) is 0 Å². The van der Waals surface area contributed by atoms with Crippen LogP contribution in [-0.4, -0.2) is 28.5 Å². The van der Waals surface area contributed by atoms with Gasteiger partial charge in [-0.3, -0.25) is 4.90 Å². The maximum Gasteiger partial charge on any atom is 0.0237 e. The Morgan fingerprint density at radius 3 is 2.69 bits per heavy atom. The number of halogens is 1. The summed E-state index contributed by atoms with van der Waals surface area (Å²) in [6, 6.07) is 9.36. The van der Waals surface area contributed by atoms with E-state index in [1.54, 1.807) is 0 Å². The number of nitrogens with zero attached hydrogens (tertiary/aromatic N) is 1. The molecule has 0 bridgehead atoms. The van der Waals surface area contributed by atoms with Crippen LogP contribution in [-0.2, 0) is 6.54 Å². The largest absolute Gasteiger partial charge is 0.295 e. The lowest BCUT2D eigenvalue weighted by molar-refractivity contribution is 0.204. The van der Waals surface area contributed by atoms with Crippen molar-refractivity contribution in [1.82, 2.24) is 4.90 Å². The van der Waals surface area contributed by atoms with Crippen LogP contribution in [0.4, 0.5) is 0 Å². The van der Waals surface area contributed by atoms with Crippen LogP contribution in [0.2, 0.25) is 0 Å². The number of rotatable bonds is 2. The summed E-state index contributed by atoms with van der Waals surface area (Å²) in [6.45, 7) is 6.98. The molecule has 1 aliphatic rings. The van der Waals surface area contributed by atoms with Gasteiger partial charge in [0, 0.05) is 34.6 Å². The summed E-state index contributed by atoms with van der Waals surface area (Å²) in [6.07, 6.45) is 0. The minimum absolute atomic E-state index is 0.683. The van der Waals surface area contributed by atoms with E-state index in [4.69, 9.17) is 0 Å². The Labute approximate surface area is 111 Å². The molecule has 0 radical (unpaired) electrons. The number of benzene rings is 1. The molecule has 2 unspecified atom stereocenters. The van der Waals surface area contributed by atoms with E-state index < -0.39 is 0 Å². The van der Waals surface area contributed by atoms with Gasteiger partial charge in [0.1, 0.15) is 0 Å². The van der Waals surface area contributed by atoms with Crippen LogP contribution in [0.15, 0.2) is 28.7 Å². The first kappa shape index (κ1) is 12.5. The molecular formula is C13H18BrNS. The van der Waals surface area contributed by atoms with Gasteiger partial charge in [-0.05, 0) is 24.6 Å². The second-order valence-electron chi connectivity index (χ2n) is 4.41. The lowest BCUT2D eigenvalue weighted by Crippen LogP contribution is -2.43. The van der Waals surface area contributed by atoms with Gasteiger partial charge in [0.05, 0.1) is 0 Å². The Kier molecular flexibility index (Phi) is 4.34. The maximum atomic E-state index is 3.48. The van der Waals surface area contributed by atoms with Gasteiger partial charge in [-0.2, -0.15) is 11.8 Å². The number of hydrogen-bond acceptors (Lipinski definition) is 2. The molecule has 1 aromatic rings. The van der Waals surface area contributed by atoms with Crippen LogP contribution in [0.5, 0.6) is 0 Å². The fourth-order valence-corrected chi connectivity index (χ4v) is 3.47. The molecule has 0 saturated carbocycles. The summed E-state index contributed by atoms with van der Waals surface area (Å²) in [4.78, 5) is 2.59. The molecule has 2 atom stereocenters. The second kappa shape index (κ2) is 5.56. The van der Waals surface area contributed by atoms with Crippen molar-refractivity contribution in [2.24, 2.45) is 0 Å². The average molecular weight is 300 g/mol. The third kappa shape index (κ3) is 3.02. The molecule has 1 saturated heterocycles. The third-order valence-corrected chi connectivity index (χ3v) is 5.18. The van der Waals surface area contributed by atoms with Gasteiger partial charge >= 0.3 is 0 Å². The van der Waals surface area contributed by atoms with Crippen LogP contribution < -0.4 is 0 Å². The molecule has 0 amide bonds. The summed E-state index contributed by atoms with van der Waals surface area (Å²) < 4.78 is 1.16. The Balaban J connectivity index is 2.00.